The molecule has 1 atom stereocenters. The molecule has 2 fully saturated rings. The average Bonchev–Trinajstić information content (AvgIpc) is 2.48. The Morgan fingerprint density at radius 1 is 1.24 bits per heavy atom. The van der Waals surface area contributed by atoms with Gasteiger partial charge in [0, 0.05) is 44.8 Å². The molecule has 2 aliphatic heterocycles. The van der Waals surface area contributed by atoms with Crippen molar-refractivity contribution < 1.29 is 4.79 Å². The number of likely N-dealkylation sites (N-methyl/N-ethyl adjacent to an activating group) is 1. The summed E-state index contributed by atoms with van der Waals surface area (Å²) in [5.74, 6) is 0.299. The Kier molecular flexibility index (Phi) is 6.45. The van der Waals surface area contributed by atoms with Gasteiger partial charge in [-0.1, -0.05) is 6.42 Å². The number of nitrogens with one attached hydrogen (secondary N) is 1. The molecule has 0 aromatic carbocycles. The Morgan fingerprint density at radius 2 is 1.95 bits per heavy atom. The van der Waals surface area contributed by atoms with E-state index in [1.165, 1.54) is 19.3 Å². The molecule has 0 aromatic heterocycles. The van der Waals surface area contributed by atoms with E-state index in [4.69, 9.17) is 0 Å². The Hall–Kier alpha value is -0.650. The van der Waals surface area contributed by atoms with Gasteiger partial charge in [0.2, 0.25) is 5.91 Å². The summed E-state index contributed by atoms with van der Waals surface area (Å²) in [4.78, 5) is 19.2. The first-order valence-corrected chi connectivity index (χ1v) is 8.50. The molecule has 2 saturated heterocycles. The zero-order valence-electron chi connectivity index (χ0n) is 14.0. The highest BCUT2D eigenvalue weighted by Gasteiger charge is 2.24. The molecule has 0 aliphatic carbocycles. The average molecular weight is 296 g/mol. The molecule has 2 rings (SSSR count). The lowest BCUT2D eigenvalue weighted by Crippen LogP contribution is -2.53. The van der Waals surface area contributed by atoms with Crippen molar-refractivity contribution in [3.63, 3.8) is 0 Å². The summed E-state index contributed by atoms with van der Waals surface area (Å²) < 4.78 is 0. The highest BCUT2D eigenvalue weighted by atomic mass is 16.2. The van der Waals surface area contributed by atoms with Crippen molar-refractivity contribution in [2.75, 3.05) is 52.9 Å². The highest BCUT2D eigenvalue weighted by molar-refractivity contribution is 5.78. The lowest BCUT2D eigenvalue weighted by atomic mass is 10.0. The van der Waals surface area contributed by atoms with Gasteiger partial charge in [-0.3, -0.25) is 9.69 Å². The minimum absolute atomic E-state index is 0.299. The molecule has 21 heavy (non-hydrogen) atoms. The monoisotopic (exact) mass is 296 g/mol. The number of hydrogen-bond donors (Lipinski definition) is 1. The third-order valence-electron chi connectivity index (χ3n) is 4.79. The SMILES string of the molecule is CC(C)N(CC(=O)N1CCN(C)CC1)CC1CCCCN1. The van der Waals surface area contributed by atoms with Crippen molar-refractivity contribution in [1.82, 2.24) is 20.0 Å². The molecule has 0 aromatic rings. The van der Waals surface area contributed by atoms with Gasteiger partial charge in [-0.15, -0.1) is 0 Å². The first-order chi connectivity index (χ1) is 10.1. The van der Waals surface area contributed by atoms with Crippen molar-refractivity contribution in [3.05, 3.63) is 0 Å². The van der Waals surface area contributed by atoms with Crippen LogP contribution in [0.2, 0.25) is 0 Å². The minimum atomic E-state index is 0.299. The Bertz CT molecular complexity index is 320. The van der Waals surface area contributed by atoms with Gasteiger partial charge in [-0.05, 0) is 40.3 Å². The Morgan fingerprint density at radius 3 is 2.52 bits per heavy atom. The van der Waals surface area contributed by atoms with Crippen molar-refractivity contribution >= 4 is 5.91 Å². The number of rotatable bonds is 5. The van der Waals surface area contributed by atoms with Crippen LogP contribution in [-0.2, 0) is 4.79 Å². The van der Waals surface area contributed by atoms with Crippen LogP contribution in [0, 0.1) is 0 Å². The van der Waals surface area contributed by atoms with E-state index < -0.39 is 0 Å². The van der Waals surface area contributed by atoms with Gasteiger partial charge in [-0.25, -0.2) is 0 Å². The molecule has 2 heterocycles. The van der Waals surface area contributed by atoms with Gasteiger partial charge >= 0.3 is 0 Å². The molecular formula is C16H32N4O. The van der Waals surface area contributed by atoms with Gasteiger partial charge < -0.3 is 15.1 Å². The number of carbonyl (C=O) groups is 1. The van der Waals surface area contributed by atoms with Gasteiger partial charge in [0.15, 0.2) is 0 Å². The topological polar surface area (TPSA) is 38.8 Å². The summed E-state index contributed by atoms with van der Waals surface area (Å²) >= 11 is 0. The molecule has 2 aliphatic rings. The Balaban J connectivity index is 1.82. The molecular weight excluding hydrogens is 264 g/mol. The summed E-state index contributed by atoms with van der Waals surface area (Å²) in [6.07, 6.45) is 3.85. The first-order valence-electron chi connectivity index (χ1n) is 8.50. The lowest BCUT2D eigenvalue weighted by Gasteiger charge is -2.36. The van der Waals surface area contributed by atoms with Crippen molar-refractivity contribution in [2.24, 2.45) is 0 Å². The van der Waals surface area contributed by atoms with E-state index in [1.54, 1.807) is 0 Å². The van der Waals surface area contributed by atoms with Gasteiger partial charge in [0.25, 0.3) is 0 Å². The molecule has 0 spiro atoms. The zero-order valence-corrected chi connectivity index (χ0v) is 14.0. The van der Waals surface area contributed by atoms with Crippen molar-refractivity contribution in [2.45, 2.75) is 45.2 Å². The molecule has 1 N–H and O–H groups in total. The fourth-order valence-corrected chi connectivity index (χ4v) is 3.15. The predicted octanol–water partition coefficient (Wildman–Crippen LogP) is 0.613. The van der Waals surface area contributed by atoms with E-state index in [2.05, 4.69) is 36.0 Å². The standard InChI is InChI=1S/C16H32N4O/c1-14(2)20(12-15-6-4-5-7-17-15)13-16(21)19-10-8-18(3)9-11-19/h14-15,17H,4-13H2,1-3H3. The molecule has 5 heteroatoms. The Labute approximate surface area is 129 Å². The highest BCUT2D eigenvalue weighted by Crippen LogP contribution is 2.11. The molecule has 0 radical (unpaired) electrons. The number of piperazine rings is 1. The lowest BCUT2D eigenvalue weighted by molar-refractivity contribution is -0.134. The smallest absolute Gasteiger partial charge is 0.236 e. The number of amides is 1. The third-order valence-corrected chi connectivity index (χ3v) is 4.79. The van der Waals surface area contributed by atoms with Crippen LogP contribution in [-0.4, -0.2) is 85.6 Å². The van der Waals surface area contributed by atoms with E-state index in [0.29, 0.717) is 24.5 Å². The second kappa shape index (κ2) is 8.11. The largest absolute Gasteiger partial charge is 0.339 e. The number of carbonyl (C=O) groups excluding carboxylic acids is 1. The maximum Gasteiger partial charge on any atom is 0.236 e. The number of nitrogens with zero attached hydrogens (tertiary/aromatic N) is 3. The molecule has 0 bridgehead atoms. The molecule has 5 nitrogen and oxygen atoms in total. The summed E-state index contributed by atoms with van der Waals surface area (Å²) in [6.45, 7) is 10.8. The molecule has 1 amide bonds. The minimum Gasteiger partial charge on any atom is -0.339 e. The fraction of sp³-hybridized carbons (Fsp3) is 0.938. The van der Waals surface area contributed by atoms with Crippen LogP contribution in [0.3, 0.4) is 0 Å². The quantitative estimate of drug-likeness (QED) is 0.807. The van der Waals surface area contributed by atoms with Crippen LogP contribution in [0.25, 0.3) is 0 Å². The van der Waals surface area contributed by atoms with E-state index in [1.807, 2.05) is 4.90 Å². The van der Waals surface area contributed by atoms with Crippen LogP contribution in [0.5, 0.6) is 0 Å². The van der Waals surface area contributed by atoms with E-state index >= 15 is 0 Å². The summed E-state index contributed by atoms with van der Waals surface area (Å²) in [5.41, 5.74) is 0. The van der Waals surface area contributed by atoms with Crippen LogP contribution in [0.15, 0.2) is 0 Å². The second-order valence-electron chi connectivity index (χ2n) is 6.85. The van der Waals surface area contributed by atoms with Crippen LogP contribution in [0.4, 0.5) is 0 Å². The van der Waals surface area contributed by atoms with E-state index in [9.17, 15) is 4.79 Å². The van der Waals surface area contributed by atoms with Crippen LogP contribution in [0.1, 0.15) is 33.1 Å². The molecule has 0 saturated carbocycles. The third kappa shape index (κ3) is 5.24. The second-order valence-corrected chi connectivity index (χ2v) is 6.85. The number of hydrogen-bond acceptors (Lipinski definition) is 4. The molecule has 1 unspecified atom stereocenters. The van der Waals surface area contributed by atoms with Gasteiger partial charge in [-0.2, -0.15) is 0 Å². The zero-order chi connectivity index (χ0) is 15.2. The first kappa shape index (κ1) is 16.7. The maximum absolute atomic E-state index is 12.5. The summed E-state index contributed by atoms with van der Waals surface area (Å²) in [6, 6.07) is 0.978. The number of piperidine rings is 1. The van der Waals surface area contributed by atoms with Gasteiger partial charge in [0.05, 0.1) is 6.54 Å². The van der Waals surface area contributed by atoms with Crippen LogP contribution >= 0.6 is 0 Å². The fourth-order valence-electron chi connectivity index (χ4n) is 3.15. The van der Waals surface area contributed by atoms with Crippen molar-refractivity contribution in [3.8, 4) is 0 Å². The van der Waals surface area contributed by atoms with E-state index in [0.717, 1.165) is 39.3 Å². The molecule has 122 valence electrons. The maximum atomic E-state index is 12.5. The summed E-state index contributed by atoms with van der Waals surface area (Å²) in [5, 5.41) is 3.59. The van der Waals surface area contributed by atoms with Crippen LogP contribution < -0.4 is 5.32 Å². The van der Waals surface area contributed by atoms with E-state index in [-0.39, 0.29) is 0 Å². The summed E-state index contributed by atoms with van der Waals surface area (Å²) in [7, 11) is 2.12. The predicted molar refractivity (Wildman–Crippen MR) is 86.4 cm³/mol. The van der Waals surface area contributed by atoms with Crippen molar-refractivity contribution in [1.29, 1.82) is 0 Å². The van der Waals surface area contributed by atoms with Gasteiger partial charge in [0.1, 0.15) is 0 Å². The normalized spacial score (nSPS) is 24.8.